The Hall–Kier alpha value is -0.790. The van der Waals surface area contributed by atoms with Crippen LogP contribution in [-0.4, -0.2) is 4.57 Å². The Morgan fingerprint density at radius 1 is 0.515 bits per heavy atom. The van der Waals surface area contributed by atoms with E-state index in [2.05, 4.69) is 42.3 Å². The summed E-state index contributed by atoms with van der Waals surface area (Å²) in [6.07, 6.45) is 37.1. The van der Waals surface area contributed by atoms with E-state index in [1.54, 1.807) is 5.82 Å². The van der Waals surface area contributed by atoms with Gasteiger partial charge >= 0.3 is 0 Å². The second-order valence-electron chi connectivity index (χ2n) is 10.6. The maximum absolute atomic E-state index is 2.59. The van der Waals surface area contributed by atoms with Crippen LogP contribution in [0.15, 0.2) is 12.4 Å². The highest BCUT2D eigenvalue weighted by Crippen LogP contribution is 2.13. The second kappa shape index (κ2) is 23.0. The minimum Gasteiger partial charge on any atom is -0.234 e. The van der Waals surface area contributed by atoms with Crippen LogP contribution in [0.5, 0.6) is 0 Å². The summed E-state index contributed by atoms with van der Waals surface area (Å²) in [7, 11) is 0. The summed E-state index contributed by atoms with van der Waals surface area (Å²) < 4.78 is 5.15. The molecule has 1 aromatic heterocycles. The lowest BCUT2D eigenvalue weighted by atomic mass is 10.0. The van der Waals surface area contributed by atoms with E-state index in [9.17, 15) is 0 Å². The van der Waals surface area contributed by atoms with Crippen molar-refractivity contribution < 1.29 is 4.57 Å². The highest BCUT2D eigenvalue weighted by Gasteiger charge is 2.16. The average Bonchev–Trinajstić information content (AvgIpc) is 3.21. The van der Waals surface area contributed by atoms with Crippen molar-refractivity contribution in [3.8, 4) is 0 Å². The van der Waals surface area contributed by atoms with Gasteiger partial charge in [-0.1, -0.05) is 136 Å². The number of hydrogen-bond acceptors (Lipinski definition) is 0. The lowest BCUT2D eigenvalue weighted by molar-refractivity contribution is -0.704. The molecule has 1 aromatic rings. The van der Waals surface area contributed by atoms with Gasteiger partial charge in [0.1, 0.15) is 12.4 Å². The summed E-state index contributed by atoms with van der Waals surface area (Å²) in [5.41, 5.74) is 0. The van der Waals surface area contributed by atoms with Crippen LogP contribution in [0.3, 0.4) is 0 Å². The summed E-state index contributed by atoms with van der Waals surface area (Å²) in [4.78, 5) is 0. The first kappa shape index (κ1) is 30.2. The smallest absolute Gasteiger partial charge is 0.234 e. The van der Waals surface area contributed by atoms with Gasteiger partial charge < -0.3 is 0 Å². The Bertz CT molecular complexity index is 519. The fourth-order valence-corrected chi connectivity index (χ4v) is 5.06. The van der Waals surface area contributed by atoms with Gasteiger partial charge in [0, 0.05) is 6.42 Å². The maximum atomic E-state index is 2.59. The van der Waals surface area contributed by atoms with Crippen molar-refractivity contribution in [2.75, 3.05) is 0 Å². The predicted molar refractivity (Wildman–Crippen MR) is 147 cm³/mol. The van der Waals surface area contributed by atoms with Crippen molar-refractivity contribution in [3.05, 3.63) is 18.2 Å². The lowest BCUT2D eigenvalue weighted by Gasteiger charge is -2.06. The predicted octanol–water partition coefficient (Wildman–Crippen LogP) is 9.96. The first-order chi connectivity index (χ1) is 16.3. The van der Waals surface area contributed by atoms with Crippen LogP contribution in [0.25, 0.3) is 0 Å². The zero-order valence-electron chi connectivity index (χ0n) is 23.2. The van der Waals surface area contributed by atoms with Gasteiger partial charge in [-0.05, 0) is 25.7 Å². The van der Waals surface area contributed by atoms with E-state index in [4.69, 9.17) is 0 Å². The summed E-state index contributed by atoms with van der Waals surface area (Å²) in [6, 6.07) is 0. The fourth-order valence-electron chi connectivity index (χ4n) is 5.06. The monoisotopic (exact) mass is 461 g/mol. The summed E-state index contributed by atoms with van der Waals surface area (Å²) in [5.74, 6) is 1.59. The third-order valence-corrected chi connectivity index (χ3v) is 7.35. The topological polar surface area (TPSA) is 8.81 Å². The van der Waals surface area contributed by atoms with Gasteiger partial charge in [-0.2, -0.15) is 0 Å². The Morgan fingerprint density at radius 3 is 1.42 bits per heavy atom. The molecule has 0 N–H and O–H groups in total. The van der Waals surface area contributed by atoms with Crippen LogP contribution in [0.1, 0.15) is 168 Å². The largest absolute Gasteiger partial charge is 0.256 e. The molecule has 0 unspecified atom stereocenters. The maximum Gasteiger partial charge on any atom is 0.256 e. The van der Waals surface area contributed by atoms with Gasteiger partial charge in [0.2, 0.25) is 0 Å². The number of nitrogens with zero attached hydrogens (tertiary/aromatic N) is 2. The fraction of sp³-hybridized carbons (Fsp3) is 0.903. The number of imidazole rings is 1. The molecule has 194 valence electrons. The molecule has 0 saturated heterocycles. The molecule has 2 nitrogen and oxygen atoms in total. The molecule has 0 aliphatic rings. The van der Waals surface area contributed by atoms with E-state index < -0.39 is 0 Å². The van der Waals surface area contributed by atoms with Crippen molar-refractivity contribution >= 4 is 0 Å². The zero-order chi connectivity index (χ0) is 23.8. The zero-order valence-corrected chi connectivity index (χ0v) is 23.2. The van der Waals surface area contributed by atoms with Gasteiger partial charge in [0.05, 0.1) is 13.1 Å². The molecular formula is C31H61N2+. The molecule has 1 rings (SSSR count). The Kier molecular flexibility index (Phi) is 21.1. The Morgan fingerprint density at radius 2 is 0.939 bits per heavy atom. The van der Waals surface area contributed by atoms with Crippen LogP contribution in [-0.2, 0) is 19.5 Å². The van der Waals surface area contributed by atoms with E-state index in [1.165, 1.54) is 161 Å². The van der Waals surface area contributed by atoms with Gasteiger partial charge in [-0.25, -0.2) is 9.13 Å². The molecule has 0 bridgehead atoms. The van der Waals surface area contributed by atoms with E-state index in [0.29, 0.717) is 0 Å². The van der Waals surface area contributed by atoms with E-state index >= 15 is 0 Å². The summed E-state index contributed by atoms with van der Waals surface area (Å²) >= 11 is 0. The van der Waals surface area contributed by atoms with Crippen LogP contribution < -0.4 is 4.57 Å². The number of rotatable bonds is 25. The van der Waals surface area contributed by atoms with Crippen molar-refractivity contribution in [1.29, 1.82) is 0 Å². The third-order valence-electron chi connectivity index (χ3n) is 7.35. The molecule has 0 radical (unpaired) electrons. The molecule has 0 amide bonds. The molecule has 0 fully saturated rings. The minimum absolute atomic E-state index is 1.20. The highest BCUT2D eigenvalue weighted by molar-refractivity contribution is 4.84. The summed E-state index contributed by atoms with van der Waals surface area (Å²) in [6.45, 7) is 9.34. The molecule has 0 aliphatic carbocycles. The number of unbranched alkanes of at least 4 members (excludes halogenated alkanes) is 19. The van der Waals surface area contributed by atoms with Gasteiger partial charge in [-0.3, -0.25) is 0 Å². The lowest BCUT2D eigenvalue weighted by Crippen LogP contribution is -2.37. The van der Waals surface area contributed by atoms with Crippen LogP contribution in [0, 0.1) is 0 Å². The number of aryl methyl sites for hydroxylation is 2. The van der Waals surface area contributed by atoms with Gasteiger partial charge in [0.25, 0.3) is 5.82 Å². The van der Waals surface area contributed by atoms with Crippen LogP contribution >= 0.6 is 0 Å². The quantitative estimate of drug-likeness (QED) is 0.101. The minimum atomic E-state index is 1.20. The van der Waals surface area contributed by atoms with Gasteiger partial charge in [0.15, 0.2) is 0 Å². The Labute approximate surface area is 208 Å². The first-order valence-corrected chi connectivity index (χ1v) is 15.4. The van der Waals surface area contributed by atoms with Crippen molar-refractivity contribution in [2.24, 2.45) is 0 Å². The molecule has 0 atom stereocenters. The van der Waals surface area contributed by atoms with Crippen molar-refractivity contribution in [3.63, 3.8) is 0 Å². The molecule has 0 saturated carbocycles. The van der Waals surface area contributed by atoms with Crippen LogP contribution in [0.4, 0.5) is 0 Å². The molecular weight excluding hydrogens is 400 g/mol. The number of hydrogen-bond donors (Lipinski definition) is 0. The molecule has 33 heavy (non-hydrogen) atoms. The second-order valence-corrected chi connectivity index (χ2v) is 10.6. The van der Waals surface area contributed by atoms with E-state index in [-0.39, 0.29) is 0 Å². The summed E-state index contributed by atoms with van der Waals surface area (Å²) in [5, 5.41) is 0. The van der Waals surface area contributed by atoms with Crippen molar-refractivity contribution in [2.45, 2.75) is 182 Å². The third kappa shape index (κ3) is 16.5. The SMILES string of the molecule is CCCCCCCCCCCCCCC[n+]1ccn(CCCC)c1CCCCCCCCC. The first-order valence-electron chi connectivity index (χ1n) is 15.4. The van der Waals surface area contributed by atoms with Crippen molar-refractivity contribution in [1.82, 2.24) is 4.57 Å². The van der Waals surface area contributed by atoms with Gasteiger partial charge in [-0.15, -0.1) is 0 Å². The normalized spacial score (nSPS) is 11.5. The van der Waals surface area contributed by atoms with E-state index in [0.717, 1.165) is 0 Å². The Balaban J connectivity index is 2.17. The van der Waals surface area contributed by atoms with E-state index in [1.807, 2.05) is 0 Å². The molecule has 0 spiro atoms. The molecule has 0 aliphatic heterocycles. The highest BCUT2D eigenvalue weighted by atomic mass is 15.1. The van der Waals surface area contributed by atoms with Crippen LogP contribution in [0.2, 0.25) is 0 Å². The molecule has 1 heterocycles. The molecule has 2 heteroatoms. The average molecular weight is 462 g/mol. The number of aromatic nitrogens is 2. The standard InChI is InChI=1S/C31H61N2/c1-4-7-10-12-14-15-16-17-18-19-21-23-25-28-33-30-29-32(27-9-6-3)31(33)26-24-22-20-13-11-8-5-2/h29-30H,4-28H2,1-3H3/q+1. The molecule has 0 aromatic carbocycles.